The summed E-state index contributed by atoms with van der Waals surface area (Å²) in [5, 5.41) is 2.81. The standard InChI is InChI=1S/C22H22N2O4S/c1-16-7-13-19(14-8-16)29(26,27)24-21-6-4-3-5-20(21)22(25)23-15-17-9-11-18(28-2)12-10-17/h3-14,24H,15H2,1-2H3,(H,23,25). The number of hydrogen-bond acceptors (Lipinski definition) is 4. The van der Waals surface area contributed by atoms with Crippen molar-refractivity contribution >= 4 is 21.6 Å². The summed E-state index contributed by atoms with van der Waals surface area (Å²) >= 11 is 0. The fraction of sp³-hybridized carbons (Fsp3) is 0.136. The van der Waals surface area contributed by atoms with Crippen LogP contribution in [0.4, 0.5) is 5.69 Å². The molecule has 0 heterocycles. The van der Waals surface area contributed by atoms with E-state index >= 15 is 0 Å². The third kappa shape index (κ3) is 5.14. The second kappa shape index (κ2) is 8.79. The maximum absolute atomic E-state index is 12.7. The molecule has 3 aromatic carbocycles. The normalized spacial score (nSPS) is 11.0. The number of methoxy groups -OCH3 is 1. The van der Waals surface area contributed by atoms with Gasteiger partial charge in [0.2, 0.25) is 0 Å². The first-order chi connectivity index (χ1) is 13.9. The molecule has 2 N–H and O–H groups in total. The Hall–Kier alpha value is -3.32. The molecule has 29 heavy (non-hydrogen) atoms. The van der Waals surface area contributed by atoms with E-state index in [1.807, 2.05) is 31.2 Å². The van der Waals surface area contributed by atoms with Crippen molar-refractivity contribution in [2.24, 2.45) is 0 Å². The maximum Gasteiger partial charge on any atom is 0.261 e. The molecule has 0 spiro atoms. The smallest absolute Gasteiger partial charge is 0.261 e. The molecule has 0 aliphatic rings. The van der Waals surface area contributed by atoms with Crippen LogP contribution in [0.2, 0.25) is 0 Å². The Morgan fingerprint density at radius 2 is 1.59 bits per heavy atom. The topological polar surface area (TPSA) is 84.5 Å². The minimum absolute atomic E-state index is 0.136. The van der Waals surface area contributed by atoms with Gasteiger partial charge in [-0.25, -0.2) is 8.42 Å². The minimum Gasteiger partial charge on any atom is -0.497 e. The Balaban J connectivity index is 1.75. The van der Waals surface area contributed by atoms with Gasteiger partial charge < -0.3 is 10.1 Å². The van der Waals surface area contributed by atoms with Gasteiger partial charge in [0.05, 0.1) is 23.3 Å². The van der Waals surface area contributed by atoms with E-state index in [1.54, 1.807) is 43.5 Å². The zero-order valence-corrected chi connectivity index (χ0v) is 17.0. The number of para-hydroxylation sites is 1. The highest BCUT2D eigenvalue weighted by Crippen LogP contribution is 2.21. The number of aryl methyl sites for hydroxylation is 1. The Kier molecular flexibility index (Phi) is 6.19. The number of ether oxygens (including phenoxy) is 1. The summed E-state index contributed by atoms with van der Waals surface area (Å²) in [6.07, 6.45) is 0. The number of rotatable bonds is 7. The van der Waals surface area contributed by atoms with Gasteiger partial charge in [-0.05, 0) is 48.9 Å². The number of benzene rings is 3. The quantitative estimate of drug-likeness (QED) is 0.622. The average Bonchev–Trinajstić information content (AvgIpc) is 2.73. The Morgan fingerprint density at radius 1 is 0.931 bits per heavy atom. The van der Waals surface area contributed by atoms with Crippen molar-refractivity contribution < 1.29 is 17.9 Å². The van der Waals surface area contributed by atoms with Crippen LogP contribution in [0.1, 0.15) is 21.5 Å². The zero-order valence-electron chi connectivity index (χ0n) is 16.2. The lowest BCUT2D eigenvalue weighted by atomic mass is 10.1. The predicted octanol–water partition coefficient (Wildman–Crippen LogP) is 3.73. The van der Waals surface area contributed by atoms with Crippen LogP contribution in [0.5, 0.6) is 5.75 Å². The molecule has 3 aromatic rings. The summed E-state index contributed by atoms with van der Waals surface area (Å²) in [5.41, 5.74) is 2.33. The minimum atomic E-state index is -3.80. The summed E-state index contributed by atoms with van der Waals surface area (Å²) in [6, 6.07) is 20.3. The van der Waals surface area contributed by atoms with Gasteiger partial charge >= 0.3 is 0 Å². The Bertz CT molecular complexity index is 1090. The molecule has 0 bridgehead atoms. The summed E-state index contributed by atoms with van der Waals surface area (Å²) in [5.74, 6) is 0.360. The van der Waals surface area contributed by atoms with Gasteiger partial charge in [-0.3, -0.25) is 9.52 Å². The first-order valence-corrected chi connectivity index (χ1v) is 10.5. The molecule has 1 amide bonds. The summed E-state index contributed by atoms with van der Waals surface area (Å²) in [7, 11) is -2.22. The van der Waals surface area contributed by atoms with Gasteiger partial charge in [0, 0.05) is 6.54 Å². The number of anilines is 1. The second-order valence-electron chi connectivity index (χ2n) is 6.49. The lowest BCUT2D eigenvalue weighted by molar-refractivity contribution is 0.0952. The van der Waals surface area contributed by atoms with Gasteiger partial charge in [0.15, 0.2) is 0 Å². The van der Waals surface area contributed by atoms with Gasteiger partial charge in [-0.2, -0.15) is 0 Å². The largest absolute Gasteiger partial charge is 0.497 e. The molecule has 0 atom stereocenters. The monoisotopic (exact) mass is 410 g/mol. The summed E-state index contributed by atoms with van der Waals surface area (Å²) in [6.45, 7) is 2.19. The van der Waals surface area contributed by atoms with Crippen LogP contribution in [0, 0.1) is 6.92 Å². The highest BCUT2D eigenvalue weighted by Gasteiger charge is 2.18. The SMILES string of the molecule is COc1ccc(CNC(=O)c2ccccc2NS(=O)(=O)c2ccc(C)cc2)cc1. The number of carbonyl (C=O) groups is 1. The highest BCUT2D eigenvalue weighted by molar-refractivity contribution is 7.92. The van der Waals surface area contributed by atoms with Crippen molar-refractivity contribution in [3.8, 4) is 5.75 Å². The van der Waals surface area contributed by atoms with E-state index in [0.717, 1.165) is 16.9 Å². The third-order valence-electron chi connectivity index (χ3n) is 4.36. The van der Waals surface area contributed by atoms with E-state index in [9.17, 15) is 13.2 Å². The fourth-order valence-electron chi connectivity index (χ4n) is 2.71. The summed E-state index contributed by atoms with van der Waals surface area (Å²) in [4.78, 5) is 12.8. The Labute approximate surface area is 170 Å². The molecule has 0 aliphatic heterocycles. The lowest BCUT2D eigenvalue weighted by Crippen LogP contribution is -2.25. The number of amides is 1. The number of nitrogens with one attached hydrogen (secondary N) is 2. The van der Waals surface area contributed by atoms with Gasteiger partial charge in [0.1, 0.15) is 5.75 Å². The molecule has 0 unspecified atom stereocenters. The molecule has 6 nitrogen and oxygen atoms in total. The highest BCUT2D eigenvalue weighted by atomic mass is 32.2. The van der Waals surface area contributed by atoms with Crippen LogP contribution in [0.15, 0.2) is 77.7 Å². The van der Waals surface area contributed by atoms with E-state index in [4.69, 9.17) is 4.74 Å². The molecular formula is C22H22N2O4S. The third-order valence-corrected chi connectivity index (χ3v) is 5.74. The molecule has 0 aromatic heterocycles. The van der Waals surface area contributed by atoms with E-state index in [-0.39, 0.29) is 22.1 Å². The molecule has 7 heteroatoms. The zero-order chi connectivity index (χ0) is 20.9. The van der Waals surface area contributed by atoms with Crippen molar-refractivity contribution in [2.45, 2.75) is 18.4 Å². The van der Waals surface area contributed by atoms with Gasteiger partial charge in [-0.15, -0.1) is 0 Å². The maximum atomic E-state index is 12.7. The number of hydrogen-bond donors (Lipinski definition) is 2. The number of carbonyl (C=O) groups excluding carboxylic acids is 1. The first kappa shape index (κ1) is 20.4. The first-order valence-electron chi connectivity index (χ1n) is 8.99. The van der Waals surface area contributed by atoms with E-state index in [0.29, 0.717) is 6.54 Å². The molecule has 0 fully saturated rings. The fourth-order valence-corrected chi connectivity index (χ4v) is 3.79. The van der Waals surface area contributed by atoms with Crippen molar-refractivity contribution in [1.29, 1.82) is 0 Å². The molecule has 0 saturated heterocycles. The molecule has 0 saturated carbocycles. The van der Waals surface area contributed by atoms with Crippen LogP contribution in [-0.4, -0.2) is 21.4 Å². The van der Waals surface area contributed by atoms with E-state index < -0.39 is 10.0 Å². The molecular weight excluding hydrogens is 388 g/mol. The van der Waals surface area contributed by atoms with Crippen LogP contribution >= 0.6 is 0 Å². The average molecular weight is 410 g/mol. The number of sulfonamides is 1. The van der Waals surface area contributed by atoms with E-state index in [1.165, 1.54) is 12.1 Å². The van der Waals surface area contributed by atoms with Crippen LogP contribution in [-0.2, 0) is 16.6 Å². The summed E-state index contributed by atoms with van der Waals surface area (Å²) < 4.78 is 33.0. The van der Waals surface area contributed by atoms with Crippen molar-refractivity contribution in [3.05, 3.63) is 89.5 Å². The van der Waals surface area contributed by atoms with Crippen LogP contribution < -0.4 is 14.8 Å². The van der Waals surface area contributed by atoms with E-state index in [2.05, 4.69) is 10.0 Å². The lowest BCUT2D eigenvalue weighted by Gasteiger charge is -2.13. The van der Waals surface area contributed by atoms with Crippen LogP contribution in [0.3, 0.4) is 0 Å². The van der Waals surface area contributed by atoms with Crippen molar-refractivity contribution in [1.82, 2.24) is 5.32 Å². The van der Waals surface area contributed by atoms with Crippen molar-refractivity contribution in [2.75, 3.05) is 11.8 Å². The molecule has 150 valence electrons. The molecule has 0 aliphatic carbocycles. The van der Waals surface area contributed by atoms with Gasteiger partial charge in [-0.1, -0.05) is 42.0 Å². The predicted molar refractivity (Wildman–Crippen MR) is 113 cm³/mol. The van der Waals surface area contributed by atoms with Crippen molar-refractivity contribution in [3.63, 3.8) is 0 Å². The molecule has 0 radical (unpaired) electrons. The van der Waals surface area contributed by atoms with Crippen LogP contribution in [0.25, 0.3) is 0 Å². The Morgan fingerprint density at radius 3 is 2.24 bits per heavy atom. The second-order valence-corrected chi connectivity index (χ2v) is 8.18. The molecule has 3 rings (SSSR count). The van der Waals surface area contributed by atoms with Gasteiger partial charge in [0.25, 0.3) is 15.9 Å².